The Hall–Kier alpha value is -1.76. The van der Waals surface area contributed by atoms with Crippen LogP contribution in [0.4, 0.5) is 10.1 Å². The Morgan fingerprint density at radius 1 is 1.47 bits per heavy atom. The number of nitrogens with zero attached hydrogens (tertiary/aromatic N) is 3. The second-order valence-corrected chi connectivity index (χ2v) is 5.52. The maximum Gasteiger partial charge on any atom is 0.147 e. The van der Waals surface area contributed by atoms with E-state index in [0.717, 1.165) is 13.0 Å². The van der Waals surface area contributed by atoms with Crippen LogP contribution in [-0.4, -0.2) is 19.0 Å². The normalized spacial score (nSPS) is 12.5. The van der Waals surface area contributed by atoms with Gasteiger partial charge in [0.1, 0.15) is 18.0 Å². The summed E-state index contributed by atoms with van der Waals surface area (Å²) >= 11 is 0. The standard InChI is InChI=1S/C12H15FN4OS/c1-2-5-17-12(15-8-16-17)7-19(18)9-3-4-11(14)10(13)6-9/h3-4,6,8H,2,5,7,14H2,1H3. The highest BCUT2D eigenvalue weighted by molar-refractivity contribution is 7.84. The summed E-state index contributed by atoms with van der Waals surface area (Å²) in [6.45, 7) is 2.75. The van der Waals surface area contributed by atoms with Crippen molar-refractivity contribution in [1.82, 2.24) is 14.8 Å². The fraction of sp³-hybridized carbons (Fsp3) is 0.333. The summed E-state index contributed by atoms with van der Waals surface area (Å²) in [5.41, 5.74) is 5.44. The molecule has 0 saturated heterocycles. The highest BCUT2D eigenvalue weighted by Gasteiger charge is 2.12. The first-order chi connectivity index (χ1) is 9.11. The fourth-order valence-corrected chi connectivity index (χ4v) is 2.73. The molecule has 102 valence electrons. The van der Waals surface area contributed by atoms with Gasteiger partial charge < -0.3 is 5.73 Å². The fourth-order valence-electron chi connectivity index (χ4n) is 1.65. The molecule has 7 heteroatoms. The van der Waals surface area contributed by atoms with Gasteiger partial charge in [-0.15, -0.1) is 0 Å². The number of hydrogen-bond acceptors (Lipinski definition) is 4. The lowest BCUT2D eigenvalue weighted by molar-refractivity contribution is 0.579. The molecule has 1 aromatic heterocycles. The van der Waals surface area contributed by atoms with Gasteiger partial charge in [0.25, 0.3) is 0 Å². The van der Waals surface area contributed by atoms with E-state index in [1.54, 1.807) is 10.7 Å². The Morgan fingerprint density at radius 3 is 2.95 bits per heavy atom. The highest BCUT2D eigenvalue weighted by Crippen LogP contribution is 2.17. The summed E-state index contributed by atoms with van der Waals surface area (Å²) in [6, 6.07) is 4.18. The van der Waals surface area contributed by atoms with Crippen molar-refractivity contribution in [1.29, 1.82) is 0 Å². The number of rotatable bonds is 5. The molecule has 1 heterocycles. The maximum absolute atomic E-state index is 13.3. The predicted molar refractivity (Wildman–Crippen MR) is 71.2 cm³/mol. The molecule has 0 spiro atoms. The highest BCUT2D eigenvalue weighted by atomic mass is 32.2. The first-order valence-corrected chi connectivity index (χ1v) is 7.23. The molecule has 2 N–H and O–H groups in total. The van der Waals surface area contributed by atoms with Crippen molar-refractivity contribution >= 4 is 16.5 Å². The van der Waals surface area contributed by atoms with Crippen molar-refractivity contribution in [2.45, 2.75) is 30.5 Å². The van der Waals surface area contributed by atoms with Crippen LogP contribution in [0, 0.1) is 5.82 Å². The Kier molecular flexibility index (Phi) is 4.26. The van der Waals surface area contributed by atoms with Crippen LogP contribution in [0.2, 0.25) is 0 Å². The van der Waals surface area contributed by atoms with Crippen molar-refractivity contribution in [3.05, 3.63) is 36.2 Å². The summed E-state index contributed by atoms with van der Waals surface area (Å²) in [5.74, 6) is 0.293. The first kappa shape index (κ1) is 13.7. The Balaban J connectivity index is 2.16. The lowest BCUT2D eigenvalue weighted by atomic mass is 10.3. The van der Waals surface area contributed by atoms with Crippen molar-refractivity contribution in [2.75, 3.05) is 5.73 Å². The number of hydrogen-bond donors (Lipinski definition) is 1. The van der Waals surface area contributed by atoms with Crippen molar-refractivity contribution in [2.24, 2.45) is 0 Å². The van der Waals surface area contributed by atoms with Gasteiger partial charge in [-0.25, -0.2) is 14.1 Å². The van der Waals surface area contributed by atoms with E-state index in [-0.39, 0.29) is 11.4 Å². The predicted octanol–water partition coefficient (Wildman–Crippen LogP) is 1.72. The van der Waals surface area contributed by atoms with Gasteiger partial charge >= 0.3 is 0 Å². The van der Waals surface area contributed by atoms with E-state index < -0.39 is 16.6 Å². The van der Waals surface area contributed by atoms with Crippen LogP contribution in [0.3, 0.4) is 0 Å². The largest absolute Gasteiger partial charge is 0.396 e. The van der Waals surface area contributed by atoms with Gasteiger partial charge in [-0.05, 0) is 24.6 Å². The summed E-state index contributed by atoms with van der Waals surface area (Å²) in [6.07, 6.45) is 2.35. The number of anilines is 1. The number of nitrogen functional groups attached to an aromatic ring is 1. The summed E-state index contributed by atoms with van der Waals surface area (Å²) in [5, 5.41) is 4.06. The number of aromatic nitrogens is 3. The smallest absolute Gasteiger partial charge is 0.147 e. The molecule has 19 heavy (non-hydrogen) atoms. The number of benzene rings is 1. The van der Waals surface area contributed by atoms with Crippen LogP contribution in [0.1, 0.15) is 19.2 Å². The minimum atomic E-state index is -1.36. The Bertz CT molecular complexity index is 599. The van der Waals surface area contributed by atoms with Gasteiger partial charge in [-0.2, -0.15) is 5.10 Å². The van der Waals surface area contributed by atoms with Crippen molar-refractivity contribution < 1.29 is 8.60 Å². The van der Waals surface area contributed by atoms with E-state index >= 15 is 0 Å². The maximum atomic E-state index is 13.3. The molecule has 0 fully saturated rings. The van der Waals surface area contributed by atoms with E-state index in [4.69, 9.17) is 5.73 Å². The summed E-state index contributed by atoms with van der Waals surface area (Å²) in [4.78, 5) is 4.48. The molecule has 0 aliphatic carbocycles. The van der Waals surface area contributed by atoms with Gasteiger partial charge in [0.15, 0.2) is 0 Å². The Morgan fingerprint density at radius 2 is 2.26 bits per heavy atom. The molecule has 1 aromatic carbocycles. The molecule has 0 aliphatic heterocycles. The third-order valence-electron chi connectivity index (χ3n) is 2.63. The molecule has 0 amide bonds. The quantitative estimate of drug-likeness (QED) is 0.847. The molecule has 0 radical (unpaired) electrons. The number of halogens is 1. The zero-order chi connectivity index (χ0) is 13.8. The topological polar surface area (TPSA) is 73.8 Å². The summed E-state index contributed by atoms with van der Waals surface area (Å²) in [7, 11) is -1.36. The monoisotopic (exact) mass is 282 g/mol. The zero-order valence-electron chi connectivity index (χ0n) is 10.5. The van der Waals surface area contributed by atoms with E-state index in [1.165, 1.54) is 18.5 Å². The van der Waals surface area contributed by atoms with Crippen LogP contribution >= 0.6 is 0 Å². The minimum absolute atomic E-state index is 0.0508. The third kappa shape index (κ3) is 3.17. The van der Waals surface area contributed by atoms with Crippen molar-refractivity contribution in [3.63, 3.8) is 0 Å². The van der Waals surface area contributed by atoms with Crippen LogP contribution in [0.25, 0.3) is 0 Å². The molecule has 0 bridgehead atoms. The van der Waals surface area contributed by atoms with E-state index in [0.29, 0.717) is 10.7 Å². The van der Waals surface area contributed by atoms with Gasteiger partial charge in [-0.3, -0.25) is 4.21 Å². The van der Waals surface area contributed by atoms with Gasteiger partial charge in [0.05, 0.1) is 22.2 Å². The third-order valence-corrected chi connectivity index (χ3v) is 3.93. The average molecular weight is 282 g/mol. The molecule has 1 atom stereocenters. The zero-order valence-corrected chi connectivity index (χ0v) is 11.4. The van der Waals surface area contributed by atoms with E-state index in [1.807, 2.05) is 6.92 Å². The van der Waals surface area contributed by atoms with E-state index in [2.05, 4.69) is 10.1 Å². The second-order valence-electron chi connectivity index (χ2n) is 4.07. The van der Waals surface area contributed by atoms with Gasteiger partial charge in [0.2, 0.25) is 0 Å². The average Bonchev–Trinajstić information content (AvgIpc) is 2.80. The van der Waals surface area contributed by atoms with E-state index in [9.17, 15) is 8.60 Å². The molecule has 2 aromatic rings. The molecule has 1 unspecified atom stereocenters. The Labute approximate surface area is 113 Å². The van der Waals surface area contributed by atoms with Gasteiger partial charge in [0, 0.05) is 11.4 Å². The van der Waals surface area contributed by atoms with Gasteiger partial charge in [-0.1, -0.05) is 6.92 Å². The van der Waals surface area contributed by atoms with Crippen LogP contribution < -0.4 is 5.73 Å². The number of aryl methyl sites for hydroxylation is 1. The molecule has 0 saturated carbocycles. The lowest BCUT2D eigenvalue weighted by Gasteiger charge is -2.05. The first-order valence-electron chi connectivity index (χ1n) is 5.92. The lowest BCUT2D eigenvalue weighted by Crippen LogP contribution is -2.08. The molecule has 0 aliphatic rings. The van der Waals surface area contributed by atoms with Crippen LogP contribution in [0.5, 0.6) is 0 Å². The second kappa shape index (κ2) is 5.92. The van der Waals surface area contributed by atoms with Crippen molar-refractivity contribution in [3.8, 4) is 0 Å². The molecule has 5 nitrogen and oxygen atoms in total. The SMILES string of the molecule is CCCn1ncnc1CS(=O)c1ccc(N)c(F)c1. The molecular weight excluding hydrogens is 267 g/mol. The minimum Gasteiger partial charge on any atom is -0.396 e. The van der Waals surface area contributed by atoms with Crippen LogP contribution in [0.15, 0.2) is 29.4 Å². The van der Waals surface area contributed by atoms with Crippen LogP contribution in [-0.2, 0) is 23.1 Å². The summed E-state index contributed by atoms with van der Waals surface area (Å²) < 4.78 is 27.2. The molecule has 2 rings (SSSR count). The number of nitrogens with two attached hydrogens (primary N) is 1. The molecular formula is C12H15FN4OS.